The zero-order chi connectivity index (χ0) is 32.1. The molecule has 1 N–H and O–H groups in total. The maximum absolute atomic E-state index is 12.5. The normalized spacial score (nSPS) is 22.3. The highest BCUT2D eigenvalue weighted by Gasteiger charge is 2.45. The second kappa shape index (κ2) is 12.4. The second-order valence-corrected chi connectivity index (χ2v) is 21.5. The van der Waals surface area contributed by atoms with Gasteiger partial charge in [-0.3, -0.25) is 4.98 Å². The lowest BCUT2D eigenvalue weighted by Gasteiger charge is -2.45. The number of hydrogen-bond donors (Lipinski definition) is 1. The molecule has 242 valence electrons. The summed E-state index contributed by atoms with van der Waals surface area (Å²) in [7, 11) is -2.13. The largest absolute Gasteiger partial charge is 0.410 e. The molecule has 2 atom stereocenters. The number of hydrogen-bond acceptors (Lipinski definition) is 5. The summed E-state index contributed by atoms with van der Waals surface area (Å²) in [6.07, 6.45) is 5.89. The SMILES string of the molecule is CC1(C)Cc2nc(C3CCOCC3)c(C(O)c3ccc(C(C)(C)C)cc3)c(C3=CCOCC3)c2[C@H](O[Si](C)(C)C(C)(C)C)C1. The van der Waals surface area contributed by atoms with Crippen molar-refractivity contribution in [1.82, 2.24) is 4.98 Å². The molecule has 1 saturated heterocycles. The molecule has 0 saturated carbocycles. The highest BCUT2D eigenvalue weighted by atomic mass is 28.4. The van der Waals surface area contributed by atoms with Gasteiger partial charge in [-0.2, -0.15) is 0 Å². The minimum absolute atomic E-state index is 0.0449. The van der Waals surface area contributed by atoms with Crippen LogP contribution in [0.4, 0.5) is 0 Å². The Hall–Kier alpha value is -1.83. The Kier molecular flexibility index (Phi) is 9.45. The number of aliphatic hydroxyl groups is 1. The Bertz CT molecular complexity index is 1360. The molecule has 1 unspecified atom stereocenters. The van der Waals surface area contributed by atoms with Gasteiger partial charge < -0.3 is 19.0 Å². The summed E-state index contributed by atoms with van der Waals surface area (Å²) in [5, 5.41) is 12.6. The van der Waals surface area contributed by atoms with Gasteiger partial charge in [-0.15, -0.1) is 0 Å². The van der Waals surface area contributed by atoms with Crippen LogP contribution in [0, 0.1) is 5.41 Å². The highest BCUT2D eigenvalue weighted by molar-refractivity contribution is 6.74. The van der Waals surface area contributed by atoms with E-state index in [1.165, 1.54) is 22.3 Å². The van der Waals surface area contributed by atoms with E-state index in [1.807, 2.05) is 0 Å². The first kappa shape index (κ1) is 33.5. The lowest BCUT2D eigenvalue weighted by molar-refractivity contribution is 0.0828. The summed E-state index contributed by atoms with van der Waals surface area (Å²) >= 11 is 0. The average molecular weight is 620 g/mol. The Morgan fingerprint density at radius 1 is 0.977 bits per heavy atom. The van der Waals surface area contributed by atoms with Crippen molar-refractivity contribution in [3.8, 4) is 0 Å². The number of nitrogens with zero attached hydrogens (tertiary/aromatic N) is 1. The smallest absolute Gasteiger partial charge is 0.192 e. The van der Waals surface area contributed by atoms with Crippen molar-refractivity contribution < 1.29 is 19.0 Å². The van der Waals surface area contributed by atoms with Gasteiger partial charge in [-0.05, 0) is 83.3 Å². The molecular formula is C38H57NO4Si. The summed E-state index contributed by atoms with van der Waals surface area (Å²) < 4.78 is 19.0. The van der Waals surface area contributed by atoms with Crippen LogP contribution in [0.15, 0.2) is 30.3 Å². The average Bonchev–Trinajstić information content (AvgIpc) is 2.95. The Morgan fingerprint density at radius 2 is 1.64 bits per heavy atom. The van der Waals surface area contributed by atoms with Crippen LogP contribution in [-0.2, 0) is 25.7 Å². The van der Waals surface area contributed by atoms with Gasteiger partial charge in [0.25, 0.3) is 0 Å². The number of aromatic nitrogens is 1. The fourth-order valence-electron chi connectivity index (χ4n) is 6.92. The van der Waals surface area contributed by atoms with E-state index in [0.29, 0.717) is 13.2 Å². The minimum Gasteiger partial charge on any atom is -0.410 e. The second-order valence-electron chi connectivity index (χ2n) is 16.8. The van der Waals surface area contributed by atoms with Crippen LogP contribution in [0.2, 0.25) is 18.1 Å². The van der Waals surface area contributed by atoms with Crippen molar-refractivity contribution in [3.63, 3.8) is 0 Å². The van der Waals surface area contributed by atoms with E-state index in [4.69, 9.17) is 18.9 Å². The fourth-order valence-corrected chi connectivity index (χ4v) is 8.18. The van der Waals surface area contributed by atoms with Gasteiger partial charge >= 0.3 is 0 Å². The molecule has 6 heteroatoms. The predicted octanol–water partition coefficient (Wildman–Crippen LogP) is 9.19. The van der Waals surface area contributed by atoms with Crippen molar-refractivity contribution in [2.45, 2.75) is 129 Å². The van der Waals surface area contributed by atoms with Crippen LogP contribution < -0.4 is 0 Å². The van der Waals surface area contributed by atoms with Crippen molar-refractivity contribution in [1.29, 1.82) is 0 Å². The summed E-state index contributed by atoms with van der Waals surface area (Å²) in [6, 6.07) is 8.59. The van der Waals surface area contributed by atoms with Crippen LogP contribution >= 0.6 is 0 Å². The zero-order valence-corrected chi connectivity index (χ0v) is 30.1. The number of fused-ring (bicyclic) bond motifs is 1. The van der Waals surface area contributed by atoms with Gasteiger partial charge in [0.2, 0.25) is 0 Å². The van der Waals surface area contributed by atoms with Crippen LogP contribution in [0.3, 0.4) is 0 Å². The molecule has 1 aromatic carbocycles. The van der Waals surface area contributed by atoms with Gasteiger partial charge in [0, 0.05) is 36.0 Å². The molecule has 1 aromatic heterocycles. The van der Waals surface area contributed by atoms with E-state index >= 15 is 0 Å². The Labute approximate surface area is 267 Å². The lowest BCUT2D eigenvalue weighted by atomic mass is 9.70. The Morgan fingerprint density at radius 3 is 2.20 bits per heavy atom. The summed E-state index contributed by atoms with van der Waals surface area (Å²) in [4.78, 5) is 5.60. The van der Waals surface area contributed by atoms with Crippen LogP contribution in [0.25, 0.3) is 5.57 Å². The molecule has 0 bridgehead atoms. The molecule has 3 aliphatic rings. The minimum atomic E-state index is -2.13. The Balaban J connectivity index is 1.78. The van der Waals surface area contributed by atoms with Crippen molar-refractivity contribution in [3.05, 3.63) is 69.5 Å². The number of benzene rings is 1. The lowest BCUT2D eigenvalue weighted by Crippen LogP contribution is -2.44. The van der Waals surface area contributed by atoms with Gasteiger partial charge in [-0.1, -0.05) is 85.7 Å². The van der Waals surface area contributed by atoms with Crippen molar-refractivity contribution >= 4 is 13.9 Å². The molecule has 1 fully saturated rings. The third kappa shape index (κ3) is 6.95. The maximum atomic E-state index is 12.5. The molecule has 3 heterocycles. The first-order valence-corrected chi connectivity index (χ1v) is 19.8. The molecule has 2 aromatic rings. The monoisotopic (exact) mass is 619 g/mol. The van der Waals surface area contributed by atoms with E-state index in [0.717, 1.165) is 67.8 Å². The van der Waals surface area contributed by atoms with Crippen LogP contribution in [-0.4, -0.2) is 44.8 Å². The molecule has 2 aliphatic heterocycles. The van der Waals surface area contributed by atoms with Crippen molar-refractivity contribution in [2.75, 3.05) is 26.4 Å². The van der Waals surface area contributed by atoms with E-state index < -0.39 is 14.4 Å². The first-order chi connectivity index (χ1) is 20.5. The standard InChI is InChI=1S/C38H57NO4Si/c1-36(2,3)28-13-11-27(12-14-28)35(40)33-31(25-15-19-41-20-16-25)32-29(39-34(33)26-17-21-42-22-18-26)23-38(7,8)24-30(32)43-44(9,10)37(4,5)6/h11-15,26,30,35,40H,16-24H2,1-10H3/t30-,35?/m1/s1. The van der Waals surface area contributed by atoms with Crippen LogP contribution in [0.5, 0.6) is 0 Å². The molecule has 0 spiro atoms. The number of ether oxygens (including phenoxy) is 2. The summed E-state index contributed by atoms with van der Waals surface area (Å²) in [6.45, 7) is 25.8. The van der Waals surface area contributed by atoms with E-state index in [2.05, 4.69) is 98.8 Å². The molecule has 44 heavy (non-hydrogen) atoms. The maximum Gasteiger partial charge on any atom is 0.192 e. The molecule has 1 aliphatic carbocycles. The predicted molar refractivity (Wildman–Crippen MR) is 183 cm³/mol. The number of pyridine rings is 1. The van der Waals surface area contributed by atoms with E-state index in [1.54, 1.807) is 0 Å². The molecule has 5 rings (SSSR count). The number of aliphatic hydroxyl groups excluding tert-OH is 1. The van der Waals surface area contributed by atoms with Crippen molar-refractivity contribution in [2.24, 2.45) is 5.41 Å². The summed E-state index contributed by atoms with van der Waals surface area (Å²) in [5.74, 6) is 0.247. The molecular weight excluding hydrogens is 563 g/mol. The molecule has 0 amide bonds. The summed E-state index contributed by atoms with van der Waals surface area (Å²) in [5.41, 5.74) is 9.17. The third-order valence-electron chi connectivity index (χ3n) is 10.6. The van der Waals surface area contributed by atoms with Gasteiger partial charge in [0.1, 0.15) is 6.10 Å². The molecule has 0 radical (unpaired) electrons. The third-order valence-corrected chi connectivity index (χ3v) is 15.1. The number of rotatable bonds is 6. The highest BCUT2D eigenvalue weighted by Crippen LogP contribution is 2.52. The fraction of sp³-hybridized carbons (Fsp3) is 0.658. The topological polar surface area (TPSA) is 60.8 Å². The van der Waals surface area contributed by atoms with Crippen LogP contribution in [0.1, 0.15) is 138 Å². The zero-order valence-electron chi connectivity index (χ0n) is 29.1. The molecule has 5 nitrogen and oxygen atoms in total. The van der Waals surface area contributed by atoms with Gasteiger partial charge in [0.05, 0.1) is 25.0 Å². The quantitative estimate of drug-likeness (QED) is 0.327. The van der Waals surface area contributed by atoms with E-state index in [-0.39, 0.29) is 27.9 Å². The van der Waals surface area contributed by atoms with Gasteiger partial charge in [-0.25, -0.2) is 0 Å². The van der Waals surface area contributed by atoms with Gasteiger partial charge in [0.15, 0.2) is 8.32 Å². The van der Waals surface area contributed by atoms with E-state index in [9.17, 15) is 5.11 Å². The first-order valence-electron chi connectivity index (χ1n) is 16.9.